The van der Waals surface area contributed by atoms with Crippen LogP contribution in [0.3, 0.4) is 0 Å². The molecule has 1 fully saturated rings. The smallest absolute Gasteiger partial charge is 0.250 e. The van der Waals surface area contributed by atoms with Crippen molar-refractivity contribution in [3.05, 3.63) is 87.7 Å². The van der Waals surface area contributed by atoms with Crippen LogP contribution in [0.5, 0.6) is 0 Å². The Morgan fingerprint density at radius 1 is 1.21 bits per heavy atom. The fourth-order valence-electron chi connectivity index (χ4n) is 4.93. The third-order valence-corrected chi connectivity index (χ3v) is 7.30. The van der Waals surface area contributed by atoms with E-state index in [1.54, 1.807) is 30.0 Å². The molecule has 0 amide bonds. The molecule has 0 radical (unpaired) electrons. The second-order valence-electron chi connectivity index (χ2n) is 9.97. The Labute approximate surface area is 227 Å². The van der Waals surface area contributed by atoms with E-state index >= 15 is 0 Å². The van der Waals surface area contributed by atoms with Crippen molar-refractivity contribution in [1.29, 1.82) is 0 Å². The number of pyridine rings is 1. The zero-order chi connectivity index (χ0) is 27.2. The van der Waals surface area contributed by atoms with Crippen LogP contribution in [0.2, 0.25) is 0 Å². The number of hydrogen-bond donors (Lipinski definition) is 2. The molecule has 0 saturated heterocycles. The predicted molar refractivity (Wildman–Crippen MR) is 155 cm³/mol. The molecule has 1 saturated carbocycles. The maximum Gasteiger partial charge on any atom is 0.250 e. The van der Waals surface area contributed by atoms with Gasteiger partial charge in [0.1, 0.15) is 11.9 Å². The van der Waals surface area contributed by atoms with Crippen molar-refractivity contribution in [1.82, 2.24) is 19.9 Å². The molecule has 2 aromatic heterocycles. The summed E-state index contributed by atoms with van der Waals surface area (Å²) in [7, 11) is 0. The van der Waals surface area contributed by atoms with E-state index in [2.05, 4.69) is 29.1 Å². The lowest BCUT2D eigenvalue weighted by Gasteiger charge is -2.17. The summed E-state index contributed by atoms with van der Waals surface area (Å²) in [5, 5.41) is 3.40. The van der Waals surface area contributed by atoms with Gasteiger partial charge < -0.3 is 15.6 Å². The Morgan fingerprint density at radius 2 is 1.95 bits per heavy atom. The minimum Gasteiger partial charge on any atom is -0.398 e. The van der Waals surface area contributed by atoms with E-state index in [0.717, 1.165) is 36.0 Å². The first-order chi connectivity index (χ1) is 18.3. The number of hydrogen-bond acceptors (Lipinski definition) is 6. The SMILES string of the molecule is CCC(CC)n1cc(-c2cnc(C)c(C(=O)C=C(N)c3ccc(CN[C@@H]4CCC(F)C4)cc3)n2)ccc1=O.[HH].[HH].[HH]. The van der Waals surface area contributed by atoms with E-state index in [1.165, 1.54) is 12.1 Å². The van der Waals surface area contributed by atoms with Gasteiger partial charge in [0.25, 0.3) is 5.56 Å². The first-order valence-electron chi connectivity index (χ1n) is 13.3. The van der Waals surface area contributed by atoms with E-state index in [1.807, 2.05) is 24.3 Å². The fourth-order valence-corrected chi connectivity index (χ4v) is 4.93. The van der Waals surface area contributed by atoms with E-state index in [4.69, 9.17) is 5.73 Å². The summed E-state index contributed by atoms with van der Waals surface area (Å²) in [5.74, 6) is -0.338. The van der Waals surface area contributed by atoms with E-state index < -0.39 is 6.17 Å². The maximum atomic E-state index is 13.4. The molecule has 1 aliphatic rings. The average molecular weight is 524 g/mol. The highest BCUT2D eigenvalue weighted by molar-refractivity contribution is 6.07. The third-order valence-electron chi connectivity index (χ3n) is 7.30. The minimum absolute atomic E-state index is 0. The van der Waals surface area contributed by atoms with Crippen molar-refractivity contribution < 1.29 is 13.5 Å². The van der Waals surface area contributed by atoms with E-state index in [9.17, 15) is 14.0 Å². The van der Waals surface area contributed by atoms with Crippen LogP contribution in [0.4, 0.5) is 4.39 Å². The molecule has 3 aromatic rings. The highest BCUT2D eigenvalue weighted by Gasteiger charge is 2.23. The molecule has 2 heterocycles. The molecular weight excluding hydrogens is 481 g/mol. The highest BCUT2D eigenvalue weighted by atomic mass is 19.1. The molecule has 1 aliphatic carbocycles. The number of nitrogens with one attached hydrogen (secondary N) is 1. The molecule has 0 aliphatic heterocycles. The summed E-state index contributed by atoms with van der Waals surface area (Å²) in [6, 6.07) is 11.2. The number of carbonyl (C=O) groups excluding carboxylic acids is 1. The number of carbonyl (C=O) groups is 1. The van der Waals surface area contributed by atoms with Crippen LogP contribution in [0.1, 0.15) is 83.6 Å². The molecule has 8 heteroatoms. The summed E-state index contributed by atoms with van der Waals surface area (Å²) in [6.45, 7) is 6.49. The maximum absolute atomic E-state index is 13.4. The van der Waals surface area contributed by atoms with Gasteiger partial charge in [-0.1, -0.05) is 38.1 Å². The topological polar surface area (TPSA) is 103 Å². The second kappa shape index (κ2) is 12.3. The zero-order valence-corrected chi connectivity index (χ0v) is 22.3. The van der Waals surface area contributed by atoms with Crippen molar-refractivity contribution in [2.75, 3.05) is 0 Å². The highest BCUT2D eigenvalue weighted by Crippen LogP contribution is 2.23. The zero-order valence-electron chi connectivity index (χ0n) is 22.3. The molecular formula is C30H42FN5O2. The quantitative estimate of drug-likeness (QED) is 0.254. The summed E-state index contributed by atoms with van der Waals surface area (Å²) < 4.78 is 15.1. The summed E-state index contributed by atoms with van der Waals surface area (Å²) >= 11 is 0. The van der Waals surface area contributed by atoms with Gasteiger partial charge in [-0.15, -0.1) is 0 Å². The molecule has 0 spiro atoms. The second-order valence-corrected chi connectivity index (χ2v) is 9.97. The molecule has 206 valence electrons. The van der Waals surface area contributed by atoms with Gasteiger partial charge in [0.15, 0.2) is 0 Å². The van der Waals surface area contributed by atoms with Gasteiger partial charge in [0.2, 0.25) is 5.78 Å². The Bertz CT molecular complexity index is 1380. The summed E-state index contributed by atoms with van der Waals surface area (Å²) in [4.78, 5) is 34.5. The van der Waals surface area contributed by atoms with Gasteiger partial charge in [0, 0.05) is 52.5 Å². The lowest BCUT2D eigenvalue weighted by Crippen LogP contribution is -2.26. The van der Waals surface area contributed by atoms with Crippen molar-refractivity contribution in [3.63, 3.8) is 0 Å². The van der Waals surface area contributed by atoms with Gasteiger partial charge in [-0.2, -0.15) is 0 Å². The number of rotatable bonds is 10. The normalized spacial score (nSPS) is 17.8. The first kappa shape index (κ1) is 27.4. The fraction of sp³-hybridized carbons (Fsp3) is 0.400. The Hall–Kier alpha value is -3.65. The Kier molecular flexibility index (Phi) is 8.84. The van der Waals surface area contributed by atoms with Crippen molar-refractivity contribution in [2.24, 2.45) is 5.73 Å². The molecule has 1 aromatic carbocycles. The summed E-state index contributed by atoms with van der Waals surface area (Å²) in [5.41, 5.74) is 10.3. The largest absolute Gasteiger partial charge is 0.398 e. The molecule has 2 atom stereocenters. The minimum atomic E-state index is -0.699. The van der Waals surface area contributed by atoms with Gasteiger partial charge >= 0.3 is 0 Å². The molecule has 7 nitrogen and oxygen atoms in total. The standard InChI is InChI=1S/C30H36FN5O2.3H2/c1-4-25(5-2)36-18-22(10-13-29(36)38)27-17-33-19(3)30(35-27)28(37)15-26(32)21-8-6-20(7-9-21)16-34-24-12-11-23(31)14-24;;;/h6-10,13,15,17-18,23-25,34H,4-5,11-12,14,16,32H2,1-3H3;3*1H/t23?,24-;;;/m1.../s1. The number of allylic oxidation sites excluding steroid dienone is 1. The number of aryl methyl sites for hydroxylation is 1. The number of ketones is 1. The van der Waals surface area contributed by atoms with E-state index in [0.29, 0.717) is 36.5 Å². The molecule has 0 bridgehead atoms. The van der Waals surface area contributed by atoms with Gasteiger partial charge in [0.05, 0.1) is 17.6 Å². The lowest BCUT2D eigenvalue weighted by molar-refractivity contribution is 0.104. The monoisotopic (exact) mass is 523 g/mol. The van der Waals surface area contributed by atoms with Crippen molar-refractivity contribution in [3.8, 4) is 11.3 Å². The Morgan fingerprint density at radius 3 is 2.61 bits per heavy atom. The molecule has 3 N–H and O–H groups in total. The number of halogens is 1. The van der Waals surface area contributed by atoms with Crippen LogP contribution in [0.15, 0.2) is 59.7 Å². The van der Waals surface area contributed by atoms with Crippen LogP contribution >= 0.6 is 0 Å². The van der Waals surface area contributed by atoms with Gasteiger partial charge in [-0.05, 0) is 56.2 Å². The predicted octanol–water partition coefficient (Wildman–Crippen LogP) is 5.88. The third kappa shape index (κ3) is 6.42. The first-order valence-corrected chi connectivity index (χ1v) is 13.3. The Balaban J connectivity index is 0.00000280. The van der Waals surface area contributed by atoms with Crippen LogP contribution in [-0.2, 0) is 6.54 Å². The number of nitrogens with two attached hydrogens (primary N) is 1. The molecule has 38 heavy (non-hydrogen) atoms. The van der Waals surface area contributed by atoms with Crippen LogP contribution in [-0.4, -0.2) is 32.5 Å². The van der Waals surface area contributed by atoms with Crippen LogP contribution < -0.4 is 16.6 Å². The number of benzene rings is 1. The molecule has 4 rings (SSSR count). The van der Waals surface area contributed by atoms with Gasteiger partial charge in [-0.3, -0.25) is 14.6 Å². The van der Waals surface area contributed by atoms with Gasteiger partial charge in [-0.25, -0.2) is 9.37 Å². The summed E-state index contributed by atoms with van der Waals surface area (Å²) in [6.07, 6.45) is 7.82. The number of aromatic nitrogens is 3. The number of nitrogens with zero attached hydrogens (tertiary/aromatic N) is 3. The molecule has 1 unspecified atom stereocenters. The average Bonchev–Trinajstić information content (AvgIpc) is 3.34. The number of alkyl halides is 1. The van der Waals surface area contributed by atoms with Crippen LogP contribution in [0, 0.1) is 6.92 Å². The lowest BCUT2D eigenvalue weighted by atomic mass is 10.1. The van der Waals surface area contributed by atoms with Crippen molar-refractivity contribution in [2.45, 2.75) is 77.7 Å². The van der Waals surface area contributed by atoms with Crippen LogP contribution in [0.25, 0.3) is 17.0 Å². The van der Waals surface area contributed by atoms with Crippen molar-refractivity contribution >= 4 is 11.5 Å². The van der Waals surface area contributed by atoms with E-state index in [-0.39, 0.29) is 33.4 Å².